The van der Waals surface area contributed by atoms with Gasteiger partial charge in [0.05, 0.1) is 0 Å². The molecule has 0 bridgehead atoms. The highest BCUT2D eigenvalue weighted by Gasteiger charge is 2.19. The van der Waals surface area contributed by atoms with E-state index in [1.54, 1.807) is 0 Å². The van der Waals surface area contributed by atoms with Gasteiger partial charge in [0.25, 0.3) is 0 Å². The first-order valence-corrected chi connectivity index (χ1v) is 11.1. The molecule has 0 amide bonds. The van der Waals surface area contributed by atoms with Crippen LogP contribution >= 0.6 is 9.24 Å². The summed E-state index contributed by atoms with van der Waals surface area (Å²) in [5.74, 6) is 0. The van der Waals surface area contributed by atoms with E-state index in [1.807, 2.05) is 0 Å². The Morgan fingerprint density at radius 2 is 0.645 bits per heavy atom. The summed E-state index contributed by atoms with van der Waals surface area (Å²) in [6.45, 7) is 0. The van der Waals surface area contributed by atoms with Crippen LogP contribution in [0.15, 0.2) is 127 Å². The van der Waals surface area contributed by atoms with Gasteiger partial charge in [-0.3, -0.25) is 0 Å². The molecular formula is C30H23P. The third-order valence-electron chi connectivity index (χ3n) is 5.66. The molecule has 0 nitrogen and oxygen atoms in total. The zero-order valence-electron chi connectivity index (χ0n) is 17.2. The van der Waals surface area contributed by atoms with Crippen molar-refractivity contribution in [2.45, 2.75) is 0 Å². The molecule has 0 aromatic heterocycles. The summed E-state index contributed by atoms with van der Waals surface area (Å²) in [5.41, 5.74) is 9.91. The van der Waals surface area contributed by atoms with Crippen molar-refractivity contribution >= 4 is 14.5 Å². The number of benzene rings is 5. The summed E-state index contributed by atoms with van der Waals surface area (Å²) in [4.78, 5) is 0. The van der Waals surface area contributed by atoms with Gasteiger partial charge in [-0.15, -0.1) is 9.24 Å². The van der Waals surface area contributed by atoms with Crippen molar-refractivity contribution in [3.63, 3.8) is 0 Å². The fourth-order valence-electron chi connectivity index (χ4n) is 4.23. The first kappa shape index (κ1) is 19.5. The van der Waals surface area contributed by atoms with Crippen LogP contribution in [0, 0.1) is 0 Å². The second kappa shape index (κ2) is 8.72. The Bertz CT molecular complexity index is 1190. The fraction of sp³-hybridized carbons (Fsp3) is 0. The number of rotatable bonds is 4. The Morgan fingerprint density at radius 3 is 0.968 bits per heavy atom. The standard InChI is InChI=1S/C30H23P/c31-30-28(24-17-9-3-10-18-24)26(22-13-5-1-6-14-22)21-27(23-15-7-2-8-16-23)29(30)25-19-11-4-12-20-25/h1-21H,31H2. The fourth-order valence-corrected chi connectivity index (χ4v) is 4.87. The minimum absolute atomic E-state index is 1.22. The lowest BCUT2D eigenvalue weighted by molar-refractivity contribution is 1.57. The first-order chi connectivity index (χ1) is 15.3. The summed E-state index contributed by atoms with van der Waals surface area (Å²) in [7, 11) is 3.06. The normalized spacial score (nSPS) is 10.7. The topological polar surface area (TPSA) is 0 Å². The molecule has 5 aromatic carbocycles. The van der Waals surface area contributed by atoms with Crippen molar-refractivity contribution in [2.75, 3.05) is 0 Å². The lowest BCUT2D eigenvalue weighted by Gasteiger charge is -2.22. The summed E-state index contributed by atoms with van der Waals surface area (Å²) in [5, 5.41) is 1.22. The molecule has 0 N–H and O–H groups in total. The SMILES string of the molecule is Pc1c(-c2ccccc2)c(-c2ccccc2)cc(-c2ccccc2)c1-c1ccccc1. The zero-order valence-corrected chi connectivity index (χ0v) is 18.4. The van der Waals surface area contributed by atoms with E-state index in [-0.39, 0.29) is 0 Å². The molecule has 1 atom stereocenters. The second-order valence-electron chi connectivity index (χ2n) is 7.60. The monoisotopic (exact) mass is 414 g/mol. The molecule has 5 rings (SSSR count). The molecule has 0 heterocycles. The summed E-state index contributed by atoms with van der Waals surface area (Å²) in [6, 6.07) is 45.1. The first-order valence-electron chi connectivity index (χ1n) is 10.5. The molecule has 0 saturated heterocycles. The van der Waals surface area contributed by atoms with Gasteiger partial charge in [-0.25, -0.2) is 0 Å². The molecule has 0 radical (unpaired) electrons. The predicted octanol–water partition coefficient (Wildman–Crippen LogP) is 7.86. The largest absolute Gasteiger partial charge is 0.104 e. The molecule has 31 heavy (non-hydrogen) atoms. The Labute approximate surface area is 186 Å². The molecule has 0 aliphatic heterocycles. The zero-order chi connectivity index (χ0) is 21.0. The van der Waals surface area contributed by atoms with Gasteiger partial charge in [0.1, 0.15) is 0 Å². The second-order valence-corrected chi connectivity index (χ2v) is 8.18. The van der Waals surface area contributed by atoms with Gasteiger partial charge in [0.15, 0.2) is 0 Å². The van der Waals surface area contributed by atoms with Gasteiger partial charge < -0.3 is 0 Å². The van der Waals surface area contributed by atoms with Gasteiger partial charge >= 0.3 is 0 Å². The van der Waals surface area contributed by atoms with Crippen LogP contribution in [0.5, 0.6) is 0 Å². The van der Waals surface area contributed by atoms with Gasteiger partial charge in [-0.1, -0.05) is 121 Å². The number of hydrogen-bond acceptors (Lipinski definition) is 0. The highest BCUT2D eigenvalue weighted by molar-refractivity contribution is 7.28. The molecule has 0 saturated carbocycles. The maximum Gasteiger partial charge on any atom is -0.00270 e. The molecule has 0 aliphatic rings. The van der Waals surface area contributed by atoms with Gasteiger partial charge in [-0.2, -0.15) is 0 Å². The maximum absolute atomic E-state index is 3.06. The van der Waals surface area contributed by atoms with Crippen LogP contribution in [-0.4, -0.2) is 0 Å². The molecule has 0 spiro atoms. The van der Waals surface area contributed by atoms with Gasteiger partial charge in [0.2, 0.25) is 0 Å². The van der Waals surface area contributed by atoms with Crippen LogP contribution in [0.3, 0.4) is 0 Å². The van der Waals surface area contributed by atoms with Crippen LogP contribution in [0.1, 0.15) is 0 Å². The molecule has 1 unspecified atom stereocenters. The van der Waals surface area contributed by atoms with Crippen molar-refractivity contribution in [3.05, 3.63) is 127 Å². The summed E-state index contributed by atoms with van der Waals surface area (Å²) < 4.78 is 0. The lowest BCUT2D eigenvalue weighted by Crippen LogP contribution is -2.07. The molecule has 1 heteroatoms. The third-order valence-corrected chi connectivity index (χ3v) is 6.24. The Morgan fingerprint density at radius 1 is 0.355 bits per heavy atom. The van der Waals surface area contributed by atoms with Crippen molar-refractivity contribution in [2.24, 2.45) is 0 Å². The van der Waals surface area contributed by atoms with Gasteiger partial charge in [-0.05, 0) is 55.9 Å². The molecule has 5 aromatic rings. The van der Waals surface area contributed by atoms with Crippen molar-refractivity contribution in [3.8, 4) is 44.5 Å². The Hall–Kier alpha value is -3.47. The van der Waals surface area contributed by atoms with E-state index in [2.05, 4.69) is 137 Å². The molecular weight excluding hydrogens is 391 g/mol. The van der Waals surface area contributed by atoms with E-state index >= 15 is 0 Å². The average Bonchev–Trinajstić information content (AvgIpc) is 2.85. The molecule has 148 valence electrons. The van der Waals surface area contributed by atoms with Gasteiger partial charge in [0, 0.05) is 0 Å². The van der Waals surface area contributed by atoms with Crippen LogP contribution in [0.2, 0.25) is 0 Å². The molecule has 0 aliphatic carbocycles. The van der Waals surface area contributed by atoms with E-state index in [0.717, 1.165) is 0 Å². The summed E-state index contributed by atoms with van der Waals surface area (Å²) in [6.07, 6.45) is 0. The predicted molar refractivity (Wildman–Crippen MR) is 138 cm³/mol. The lowest BCUT2D eigenvalue weighted by atomic mass is 9.85. The average molecular weight is 414 g/mol. The minimum Gasteiger partial charge on any atom is -0.104 e. The van der Waals surface area contributed by atoms with E-state index in [1.165, 1.54) is 49.8 Å². The van der Waals surface area contributed by atoms with Crippen LogP contribution < -0.4 is 5.30 Å². The number of hydrogen-bond donors (Lipinski definition) is 0. The highest BCUT2D eigenvalue weighted by Crippen LogP contribution is 2.41. The van der Waals surface area contributed by atoms with E-state index in [0.29, 0.717) is 0 Å². The third kappa shape index (κ3) is 3.83. The summed E-state index contributed by atoms with van der Waals surface area (Å²) >= 11 is 0. The van der Waals surface area contributed by atoms with Crippen molar-refractivity contribution < 1.29 is 0 Å². The van der Waals surface area contributed by atoms with Crippen molar-refractivity contribution in [1.29, 1.82) is 0 Å². The van der Waals surface area contributed by atoms with E-state index < -0.39 is 0 Å². The minimum atomic E-state index is 1.22. The quantitative estimate of drug-likeness (QED) is 0.263. The van der Waals surface area contributed by atoms with E-state index in [9.17, 15) is 0 Å². The highest BCUT2D eigenvalue weighted by atomic mass is 31.0. The Kier molecular flexibility index (Phi) is 5.48. The van der Waals surface area contributed by atoms with E-state index in [4.69, 9.17) is 0 Å². The van der Waals surface area contributed by atoms with Crippen LogP contribution in [0.25, 0.3) is 44.5 Å². The smallest absolute Gasteiger partial charge is 0.00270 e. The molecule has 0 fully saturated rings. The maximum atomic E-state index is 3.06. The van der Waals surface area contributed by atoms with Crippen LogP contribution in [-0.2, 0) is 0 Å². The Balaban J connectivity index is 1.91. The van der Waals surface area contributed by atoms with Crippen LogP contribution in [0.4, 0.5) is 0 Å². The van der Waals surface area contributed by atoms with Crippen molar-refractivity contribution in [1.82, 2.24) is 0 Å².